The summed E-state index contributed by atoms with van der Waals surface area (Å²) in [6, 6.07) is 22.4. The molecule has 0 saturated heterocycles. The maximum Gasteiger partial charge on any atom is 0.0589 e. The average Bonchev–Trinajstić information content (AvgIpc) is 3.85. The third-order valence-corrected chi connectivity index (χ3v) is 12.5. The second kappa shape index (κ2) is 12.8. The van der Waals surface area contributed by atoms with Crippen LogP contribution in [0.3, 0.4) is 0 Å². The molecule has 6 aliphatic rings. The Morgan fingerprint density at radius 2 is 1.67 bits per heavy atom. The van der Waals surface area contributed by atoms with Crippen molar-refractivity contribution in [2.45, 2.75) is 115 Å². The van der Waals surface area contributed by atoms with Crippen molar-refractivity contribution in [2.75, 3.05) is 7.05 Å². The minimum absolute atomic E-state index is 0.523. The van der Waals surface area contributed by atoms with Crippen LogP contribution in [-0.4, -0.2) is 28.9 Å². The Kier molecular flexibility index (Phi) is 8.37. The smallest absolute Gasteiger partial charge is 0.0589 e. The second-order valence-corrected chi connectivity index (χ2v) is 15.8. The Morgan fingerprint density at radius 3 is 2.48 bits per heavy atom. The minimum Gasteiger partial charge on any atom is -0.371 e. The third-order valence-electron chi connectivity index (χ3n) is 12.5. The number of likely N-dealkylation sites (N-methyl/N-ethyl adjacent to an activating group) is 1. The molecule has 1 N–H and O–H groups in total. The summed E-state index contributed by atoms with van der Waals surface area (Å²) in [5.41, 5.74) is 10.8. The Morgan fingerprint density at radius 1 is 0.870 bits per heavy atom. The van der Waals surface area contributed by atoms with Gasteiger partial charge in [0.15, 0.2) is 0 Å². The number of nitrogens with one attached hydrogen (secondary N) is 1. The van der Waals surface area contributed by atoms with E-state index >= 15 is 0 Å². The van der Waals surface area contributed by atoms with Gasteiger partial charge in [0.2, 0.25) is 0 Å². The first kappa shape index (κ1) is 30.2. The molecular weight excluding hydrogens is 558 g/mol. The summed E-state index contributed by atoms with van der Waals surface area (Å²) in [5, 5.41) is 4.24. The van der Waals surface area contributed by atoms with Gasteiger partial charge in [0, 0.05) is 30.1 Å². The molecule has 4 aliphatic carbocycles. The summed E-state index contributed by atoms with van der Waals surface area (Å²) in [7, 11) is 2.43. The fourth-order valence-electron chi connectivity index (χ4n) is 10.3. The van der Waals surface area contributed by atoms with Gasteiger partial charge in [0.05, 0.1) is 18.1 Å². The lowest BCUT2D eigenvalue weighted by molar-refractivity contribution is 0.183. The van der Waals surface area contributed by atoms with E-state index in [0.717, 1.165) is 17.8 Å². The van der Waals surface area contributed by atoms with Crippen molar-refractivity contribution in [3.8, 4) is 0 Å². The highest BCUT2D eigenvalue weighted by Crippen LogP contribution is 2.59. The molecule has 0 radical (unpaired) electrons. The highest BCUT2D eigenvalue weighted by Gasteiger charge is 2.61. The van der Waals surface area contributed by atoms with Crippen molar-refractivity contribution in [2.24, 2.45) is 23.7 Å². The monoisotopic (exact) mass is 613 g/mol. The van der Waals surface area contributed by atoms with E-state index in [0.29, 0.717) is 30.0 Å². The van der Waals surface area contributed by atoms with Gasteiger partial charge in [-0.3, -0.25) is 0 Å². The molecule has 46 heavy (non-hydrogen) atoms. The molecule has 7 atom stereocenters. The Hall–Kier alpha value is -3.20. The van der Waals surface area contributed by atoms with Crippen LogP contribution in [0.5, 0.6) is 0 Å². The zero-order chi connectivity index (χ0) is 31.2. The number of hydrogen-bond acceptors (Lipinski definition) is 3. The number of benzene rings is 2. The van der Waals surface area contributed by atoms with E-state index in [4.69, 9.17) is 0 Å². The molecule has 0 bridgehead atoms. The Labute approximate surface area is 278 Å². The number of allylic oxidation sites excluding steroid dienone is 7. The molecule has 8 rings (SSSR count). The molecule has 0 amide bonds. The standard InChI is InChI=1S/C43H55N3/c1-29(2)26-30-24-25-46-40(27-30)35-18-10-11-19-36(35)41-42(43(41)46)45(3)39-21-13-12-20-37(39)44-38-28-33(31-14-6-4-7-15-31)22-23-34(38)32-16-8-5-9-17-32/h4-6,8-11,16-19,24-25,29-31,33,40-44H,7,12-15,20-23,26-28H2,1-3H3. The maximum absolute atomic E-state index is 4.24. The van der Waals surface area contributed by atoms with Gasteiger partial charge in [-0.05, 0) is 129 Å². The van der Waals surface area contributed by atoms with Gasteiger partial charge in [-0.2, -0.15) is 0 Å². The predicted molar refractivity (Wildman–Crippen MR) is 192 cm³/mol. The lowest BCUT2D eigenvalue weighted by Crippen LogP contribution is -2.37. The van der Waals surface area contributed by atoms with Crippen LogP contribution in [0.15, 0.2) is 96.1 Å². The molecule has 3 heteroatoms. The first-order chi connectivity index (χ1) is 22.6. The minimum atomic E-state index is 0.523. The molecule has 1 fully saturated rings. The van der Waals surface area contributed by atoms with Crippen molar-refractivity contribution < 1.29 is 0 Å². The van der Waals surface area contributed by atoms with Crippen LogP contribution in [0.25, 0.3) is 5.57 Å². The Bertz CT molecular complexity index is 1530. The van der Waals surface area contributed by atoms with Crippen molar-refractivity contribution in [3.05, 3.63) is 113 Å². The molecule has 242 valence electrons. The largest absolute Gasteiger partial charge is 0.371 e. The predicted octanol–water partition coefficient (Wildman–Crippen LogP) is 10.3. The van der Waals surface area contributed by atoms with Crippen molar-refractivity contribution in [3.63, 3.8) is 0 Å². The lowest BCUT2D eigenvalue weighted by Gasteiger charge is -2.41. The van der Waals surface area contributed by atoms with Gasteiger partial charge in [-0.1, -0.05) is 86.7 Å². The van der Waals surface area contributed by atoms with Crippen LogP contribution >= 0.6 is 0 Å². The summed E-state index contributed by atoms with van der Waals surface area (Å²) in [6.45, 7) is 4.75. The first-order valence-electron chi connectivity index (χ1n) is 18.8. The molecule has 0 spiro atoms. The van der Waals surface area contributed by atoms with Gasteiger partial charge in [-0.25, -0.2) is 0 Å². The van der Waals surface area contributed by atoms with Crippen LogP contribution in [0, 0.1) is 23.7 Å². The summed E-state index contributed by atoms with van der Waals surface area (Å²) < 4.78 is 0. The lowest BCUT2D eigenvalue weighted by atomic mass is 9.73. The Balaban J connectivity index is 1.10. The quantitative estimate of drug-likeness (QED) is 0.299. The van der Waals surface area contributed by atoms with E-state index in [-0.39, 0.29) is 0 Å². The fraction of sp³-hybridized carbons (Fsp3) is 0.535. The van der Waals surface area contributed by atoms with E-state index in [1.807, 2.05) is 0 Å². The van der Waals surface area contributed by atoms with E-state index < -0.39 is 0 Å². The van der Waals surface area contributed by atoms with Gasteiger partial charge in [-0.15, -0.1) is 0 Å². The molecule has 0 aromatic heterocycles. The van der Waals surface area contributed by atoms with Crippen LogP contribution in [0.4, 0.5) is 0 Å². The number of hydrogen-bond donors (Lipinski definition) is 1. The van der Waals surface area contributed by atoms with Crippen molar-refractivity contribution >= 4 is 5.57 Å². The molecule has 7 unspecified atom stereocenters. The number of rotatable bonds is 8. The molecule has 2 heterocycles. The van der Waals surface area contributed by atoms with Gasteiger partial charge in [0.25, 0.3) is 0 Å². The zero-order valence-corrected chi connectivity index (χ0v) is 28.5. The van der Waals surface area contributed by atoms with E-state index in [1.54, 1.807) is 22.4 Å². The molecule has 2 aromatic rings. The van der Waals surface area contributed by atoms with Crippen molar-refractivity contribution in [1.82, 2.24) is 15.1 Å². The molecule has 2 aromatic carbocycles. The van der Waals surface area contributed by atoms with E-state index in [1.165, 1.54) is 94.0 Å². The molecule has 3 nitrogen and oxygen atoms in total. The third kappa shape index (κ3) is 5.67. The van der Waals surface area contributed by atoms with Gasteiger partial charge >= 0.3 is 0 Å². The number of nitrogens with zero attached hydrogens (tertiary/aromatic N) is 2. The summed E-state index contributed by atoms with van der Waals surface area (Å²) >= 11 is 0. The number of fused-ring (bicyclic) bond motifs is 6. The summed E-state index contributed by atoms with van der Waals surface area (Å²) in [6.07, 6.45) is 25.0. The summed E-state index contributed by atoms with van der Waals surface area (Å²) in [5.74, 6) is 3.65. The van der Waals surface area contributed by atoms with Crippen LogP contribution in [-0.2, 0) is 0 Å². The fourth-order valence-corrected chi connectivity index (χ4v) is 10.3. The first-order valence-corrected chi connectivity index (χ1v) is 18.8. The SMILES string of the molecule is CC(C)CC1C=CN2C(C1)c1ccccc1C1C(N(C)C3=C(NC4=C(c5ccccc5)CCC(C5CC=CCC5)C4)CCCC3)C12. The topological polar surface area (TPSA) is 18.5 Å². The zero-order valence-electron chi connectivity index (χ0n) is 28.5. The van der Waals surface area contributed by atoms with Crippen LogP contribution in [0.2, 0.25) is 0 Å². The van der Waals surface area contributed by atoms with E-state index in [2.05, 4.69) is 115 Å². The normalized spacial score (nSPS) is 31.8. The van der Waals surface area contributed by atoms with Crippen LogP contribution < -0.4 is 5.32 Å². The average molecular weight is 614 g/mol. The van der Waals surface area contributed by atoms with Crippen molar-refractivity contribution in [1.29, 1.82) is 0 Å². The maximum atomic E-state index is 4.24. The van der Waals surface area contributed by atoms with Gasteiger partial charge in [0.1, 0.15) is 0 Å². The summed E-state index contributed by atoms with van der Waals surface area (Å²) in [4.78, 5) is 5.53. The van der Waals surface area contributed by atoms with Crippen LogP contribution in [0.1, 0.15) is 120 Å². The molecule has 1 saturated carbocycles. The highest BCUT2D eigenvalue weighted by atomic mass is 15.3. The molecule has 2 aliphatic heterocycles. The van der Waals surface area contributed by atoms with E-state index in [9.17, 15) is 0 Å². The second-order valence-electron chi connectivity index (χ2n) is 15.8. The van der Waals surface area contributed by atoms with Gasteiger partial charge < -0.3 is 15.1 Å². The highest BCUT2D eigenvalue weighted by molar-refractivity contribution is 5.69. The molecular formula is C43H55N3.